The first kappa shape index (κ1) is 13.5. The highest BCUT2D eigenvalue weighted by atomic mass is 79.9. The van der Waals surface area contributed by atoms with Gasteiger partial charge in [-0.25, -0.2) is 0 Å². The number of aromatic amines is 1. The first-order valence-corrected chi connectivity index (χ1v) is 5.59. The number of nitrogens with one attached hydrogen (secondary N) is 2. The van der Waals surface area contributed by atoms with Gasteiger partial charge in [0.25, 0.3) is 11.7 Å². The molecule has 2 N–H and O–H groups in total. The van der Waals surface area contributed by atoms with Gasteiger partial charge < -0.3 is 5.32 Å². The van der Waals surface area contributed by atoms with Gasteiger partial charge in [0.05, 0.1) is 11.3 Å². The van der Waals surface area contributed by atoms with Crippen LogP contribution in [0.15, 0.2) is 22.7 Å². The zero-order valence-corrected chi connectivity index (χ0v) is 10.6. The van der Waals surface area contributed by atoms with E-state index in [0.29, 0.717) is 0 Å². The van der Waals surface area contributed by atoms with Crippen LogP contribution in [0.2, 0.25) is 0 Å². The number of hydrogen-bond donors (Lipinski definition) is 2. The molecule has 0 fully saturated rings. The van der Waals surface area contributed by atoms with E-state index in [2.05, 4.69) is 36.7 Å². The molecule has 0 bridgehead atoms. The summed E-state index contributed by atoms with van der Waals surface area (Å²) < 4.78 is 38.6. The molecule has 0 spiro atoms. The monoisotopic (exact) mass is 335 g/mol. The lowest BCUT2D eigenvalue weighted by atomic mass is 10.1. The summed E-state index contributed by atoms with van der Waals surface area (Å²) >= 11 is 2.94. The molecule has 0 radical (unpaired) electrons. The van der Waals surface area contributed by atoms with Crippen LogP contribution in [-0.2, 0) is 6.18 Å². The van der Waals surface area contributed by atoms with Gasteiger partial charge in [-0.2, -0.15) is 18.4 Å². The van der Waals surface area contributed by atoms with Crippen LogP contribution in [0.5, 0.6) is 0 Å². The largest absolute Gasteiger partial charge is 0.418 e. The Hall–Kier alpha value is -1.97. The minimum atomic E-state index is -4.59. The molecule has 0 aliphatic rings. The number of carbonyl (C=O) groups is 1. The quantitative estimate of drug-likeness (QED) is 0.881. The van der Waals surface area contributed by atoms with E-state index in [4.69, 9.17) is 0 Å². The highest BCUT2D eigenvalue weighted by Crippen LogP contribution is 2.36. The van der Waals surface area contributed by atoms with Crippen LogP contribution in [-0.4, -0.2) is 26.5 Å². The van der Waals surface area contributed by atoms with Crippen molar-refractivity contribution in [2.75, 3.05) is 5.32 Å². The standard InChI is InChI=1S/C9H5BrF3N5O/c10-4-1-2-6(5(3-4)9(11,12)13)14-8(19)7-15-17-18-16-7/h1-3H,(H,14,19)(H,15,16,17,18). The van der Waals surface area contributed by atoms with Gasteiger partial charge >= 0.3 is 6.18 Å². The SMILES string of the molecule is O=C(Nc1ccc(Br)cc1C(F)(F)F)c1nn[nH]n1. The number of rotatable bonds is 2. The lowest BCUT2D eigenvalue weighted by molar-refractivity contribution is -0.136. The third kappa shape index (κ3) is 3.08. The molecule has 0 unspecified atom stereocenters. The van der Waals surface area contributed by atoms with E-state index in [1.165, 1.54) is 6.07 Å². The van der Waals surface area contributed by atoms with Gasteiger partial charge in [0.1, 0.15) is 0 Å². The lowest BCUT2D eigenvalue weighted by Gasteiger charge is -2.13. The highest BCUT2D eigenvalue weighted by Gasteiger charge is 2.34. The van der Waals surface area contributed by atoms with Gasteiger partial charge in [-0.15, -0.1) is 10.2 Å². The maximum atomic E-state index is 12.8. The van der Waals surface area contributed by atoms with E-state index in [1.807, 2.05) is 5.21 Å². The second kappa shape index (κ2) is 4.96. The maximum Gasteiger partial charge on any atom is 0.418 e. The Kier molecular flexibility index (Phi) is 3.51. The molecule has 0 aliphatic heterocycles. The number of anilines is 1. The number of nitrogens with zero attached hydrogens (tertiary/aromatic N) is 3. The van der Waals surface area contributed by atoms with Crippen LogP contribution in [0.25, 0.3) is 0 Å². The molecule has 19 heavy (non-hydrogen) atoms. The van der Waals surface area contributed by atoms with Gasteiger partial charge in [-0.05, 0) is 23.4 Å². The first-order valence-electron chi connectivity index (χ1n) is 4.79. The fraction of sp³-hybridized carbons (Fsp3) is 0.111. The summed E-state index contributed by atoms with van der Waals surface area (Å²) in [6.45, 7) is 0. The van der Waals surface area contributed by atoms with Crippen molar-refractivity contribution in [3.05, 3.63) is 34.1 Å². The van der Waals surface area contributed by atoms with E-state index in [0.717, 1.165) is 12.1 Å². The van der Waals surface area contributed by atoms with Crippen LogP contribution in [0.1, 0.15) is 16.2 Å². The normalized spacial score (nSPS) is 11.4. The Balaban J connectivity index is 2.33. The number of hydrogen-bond acceptors (Lipinski definition) is 4. The van der Waals surface area contributed by atoms with E-state index in [1.54, 1.807) is 0 Å². The van der Waals surface area contributed by atoms with Gasteiger partial charge in [0.15, 0.2) is 0 Å². The van der Waals surface area contributed by atoms with Gasteiger partial charge in [-0.3, -0.25) is 4.79 Å². The first-order chi connectivity index (χ1) is 8.88. The van der Waals surface area contributed by atoms with Crippen LogP contribution in [0.4, 0.5) is 18.9 Å². The molecule has 2 aromatic rings. The Morgan fingerprint density at radius 3 is 2.68 bits per heavy atom. The van der Waals surface area contributed by atoms with Crippen LogP contribution in [0, 0.1) is 0 Å². The topological polar surface area (TPSA) is 83.6 Å². The predicted molar refractivity (Wildman–Crippen MR) is 61.3 cm³/mol. The van der Waals surface area contributed by atoms with E-state index in [9.17, 15) is 18.0 Å². The Bertz CT molecular complexity index is 598. The molecule has 0 atom stereocenters. The van der Waals surface area contributed by atoms with Crippen LogP contribution in [0.3, 0.4) is 0 Å². The Morgan fingerprint density at radius 1 is 1.37 bits per heavy atom. The molecule has 1 aromatic heterocycles. The molecule has 1 amide bonds. The Labute approximate surface area is 112 Å². The summed E-state index contributed by atoms with van der Waals surface area (Å²) in [6, 6.07) is 3.37. The minimum absolute atomic E-state index is 0.248. The predicted octanol–water partition coefficient (Wildman–Crippen LogP) is 2.23. The molecule has 0 saturated carbocycles. The second-order valence-corrected chi connectivity index (χ2v) is 4.29. The summed E-state index contributed by atoms with van der Waals surface area (Å²) in [5.74, 6) is -1.24. The number of halogens is 4. The number of amides is 1. The molecule has 6 nitrogen and oxygen atoms in total. The van der Waals surface area contributed by atoms with Crippen molar-refractivity contribution < 1.29 is 18.0 Å². The van der Waals surface area contributed by atoms with Crippen molar-refractivity contribution in [1.82, 2.24) is 20.6 Å². The molecule has 1 aromatic carbocycles. The van der Waals surface area contributed by atoms with Crippen LogP contribution >= 0.6 is 15.9 Å². The number of alkyl halides is 3. The molecule has 0 aliphatic carbocycles. The van der Waals surface area contributed by atoms with Crippen LogP contribution < -0.4 is 5.32 Å². The summed E-state index contributed by atoms with van der Waals surface area (Å²) in [6.07, 6.45) is -4.59. The summed E-state index contributed by atoms with van der Waals surface area (Å²) in [7, 11) is 0. The number of benzene rings is 1. The summed E-state index contributed by atoms with van der Waals surface area (Å²) in [5.41, 5.74) is -1.36. The lowest BCUT2D eigenvalue weighted by Crippen LogP contribution is -2.18. The molecular weight excluding hydrogens is 331 g/mol. The average Bonchev–Trinajstić information content (AvgIpc) is 2.83. The number of aromatic nitrogens is 4. The Morgan fingerprint density at radius 2 is 2.11 bits per heavy atom. The van der Waals surface area contributed by atoms with E-state index < -0.39 is 17.6 Å². The molecule has 1 heterocycles. The highest BCUT2D eigenvalue weighted by molar-refractivity contribution is 9.10. The van der Waals surface area contributed by atoms with Gasteiger partial charge in [-0.1, -0.05) is 15.9 Å². The number of H-pyrrole nitrogens is 1. The zero-order valence-electron chi connectivity index (χ0n) is 8.99. The average molecular weight is 336 g/mol. The molecule has 100 valence electrons. The van der Waals surface area contributed by atoms with Crippen molar-refractivity contribution in [3.63, 3.8) is 0 Å². The fourth-order valence-electron chi connectivity index (χ4n) is 1.30. The third-order valence-corrected chi connectivity index (χ3v) is 2.58. The van der Waals surface area contributed by atoms with Crippen molar-refractivity contribution in [2.24, 2.45) is 0 Å². The molecule has 10 heteroatoms. The van der Waals surface area contributed by atoms with E-state index in [-0.39, 0.29) is 16.0 Å². The van der Waals surface area contributed by atoms with Gasteiger partial charge in [0.2, 0.25) is 0 Å². The van der Waals surface area contributed by atoms with Crippen molar-refractivity contribution in [3.8, 4) is 0 Å². The third-order valence-electron chi connectivity index (χ3n) is 2.08. The maximum absolute atomic E-state index is 12.8. The summed E-state index contributed by atoms with van der Waals surface area (Å²) in [4.78, 5) is 11.6. The van der Waals surface area contributed by atoms with Crippen molar-refractivity contribution in [2.45, 2.75) is 6.18 Å². The smallest absolute Gasteiger partial charge is 0.319 e. The van der Waals surface area contributed by atoms with Crippen molar-refractivity contribution in [1.29, 1.82) is 0 Å². The molecular formula is C9H5BrF3N5O. The second-order valence-electron chi connectivity index (χ2n) is 3.38. The van der Waals surface area contributed by atoms with E-state index >= 15 is 0 Å². The fourth-order valence-corrected chi connectivity index (χ4v) is 1.66. The number of tetrazole rings is 1. The number of carbonyl (C=O) groups excluding carboxylic acids is 1. The zero-order chi connectivity index (χ0) is 14.0. The molecule has 0 saturated heterocycles. The minimum Gasteiger partial charge on any atom is -0.319 e. The van der Waals surface area contributed by atoms with Crippen molar-refractivity contribution >= 4 is 27.5 Å². The van der Waals surface area contributed by atoms with Gasteiger partial charge in [0, 0.05) is 4.47 Å². The molecule has 2 rings (SSSR count). The summed E-state index contributed by atoms with van der Waals surface area (Å²) in [5, 5.41) is 14.0.